The summed E-state index contributed by atoms with van der Waals surface area (Å²) in [6, 6.07) is 1.30. The summed E-state index contributed by atoms with van der Waals surface area (Å²) in [7, 11) is -0.502. The zero-order valence-corrected chi connectivity index (χ0v) is 14.1. The molecule has 0 aliphatic carbocycles. The van der Waals surface area contributed by atoms with Crippen molar-refractivity contribution in [3.63, 3.8) is 0 Å². The molecule has 1 N–H and O–H groups in total. The molecule has 3 unspecified atom stereocenters. The van der Waals surface area contributed by atoms with Crippen LogP contribution in [0.15, 0.2) is 0 Å². The van der Waals surface area contributed by atoms with Crippen molar-refractivity contribution in [2.24, 2.45) is 0 Å². The van der Waals surface area contributed by atoms with Crippen molar-refractivity contribution in [1.82, 2.24) is 9.99 Å². The number of hydrogen-bond acceptors (Lipinski definition) is 3. The van der Waals surface area contributed by atoms with E-state index in [2.05, 4.69) is 30.5 Å². The minimum absolute atomic E-state index is 0.282. The second kappa shape index (κ2) is 6.90. The molecule has 1 amide bonds. The molecule has 1 rings (SSSR count). The molecular formula is C14H29N2O2P. The Hall–Kier alpha value is -0.340. The summed E-state index contributed by atoms with van der Waals surface area (Å²) in [6.45, 7) is 13.4. The van der Waals surface area contributed by atoms with E-state index in [-0.39, 0.29) is 6.09 Å². The standard InChI is InChI=1S/C14H29N2O2P/c1-7-16-11(2)8-9-12(16)10-19(6)15-13(17)18-14(3,4)5/h11-12H,7-10H2,1-6H3,(H,15,17). The molecule has 0 radical (unpaired) electrons. The number of rotatable bonds is 4. The molecule has 0 aromatic carbocycles. The summed E-state index contributed by atoms with van der Waals surface area (Å²) < 4.78 is 5.30. The first-order chi connectivity index (χ1) is 8.73. The van der Waals surface area contributed by atoms with Crippen LogP contribution in [0.2, 0.25) is 0 Å². The molecule has 0 aromatic heterocycles. The molecule has 0 spiro atoms. The molecule has 1 fully saturated rings. The predicted molar refractivity (Wildman–Crippen MR) is 81.9 cm³/mol. The second-order valence-corrected chi connectivity index (χ2v) is 8.39. The van der Waals surface area contributed by atoms with Crippen LogP contribution in [0.5, 0.6) is 0 Å². The Morgan fingerprint density at radius 1 is 1.42 bits per heavy atom. The lowest BCUT2D eigenvalue weighted by atomic mass is 10.2. The maximum Gasteiger partial charge on any atom is 0.410 e. The number of carbonyl (C=O) groups is 1. The van der Waals surface area contributed by atoms with Crippen LogP contribution in [-0.2, 0) is 4.74 Å². The van der Waals surface area contributed by atoms with Crippen LogP contribution in [0.3, 0.4) is 0 Å². The minimum atomic E-state index is -0.502. The van der Waals surface area contributed by atoms with E-state index in [9.17, 15) is 4.79 Å². The topological polar surface area (TPSA) is 41.6 Å². The van der Waals surface area contributed by atoms with Crippen LogP contribution in [0, 0.1) is 0 Å². The Morgan fingerprint density at radius 2 is 2.05 bits per heavy atom. The van der Waals surface area contributed by atoms with Crippen molar-refractivity contribution in [1.29, 1.82) is 0 Å². The number of nitrogens with one attached hydrogen (secondary N) is 1. The van der Waals surface area contributed by atoms with Gasteiger partial charge in [-0.15, -0.1) is 0 Å². The molecule has 1 aliphatic rings. The lowest BCUT2D eigenvalue weighted by Gasteiger charge is -2.29. The van der Waals surface area contributed by atoms with Gasteiger partial charge in [0.1, 0.15) is 5.60 Å². The molecule has 0 aromatic rings. The maximum absolute atomic E-state index is 11.7. The van der Waals surface area contributed by atoms with Gasteiger partial charge in [0, 0.05) is 18.2 Å². The summed E-state index contributed by atoms with van der Waals surface area (Å²) in [5.41, 5.74) is -0.419. The van der Waals surface area contributed by atoms with Gasteiger partial charge in [0.2, 0.25) is 0 Å². The van der Waals surface area contributed by atoms with Crippen LogP contribution in [-0.4, -0.2) is 48.0 Å². The molecule has 1 heterocycles. The third kappa shape index (κ3) is 5.66. The van der Waals surface area contributed by atoms with E-state index in [1.54, 1.807) is 0 Å². The van der Waals surface area contributed by atoms with Gasteiger partial charge in [-0.1, -0.05) is 6.92 Å². The summed E-state index contributed by atoms with van der Waals surface area (Å²) in [4.78, 5) is 14.3. The summed E-state index contributed by atoms with van der Waals surface area (Å²) >= 11 is 0. The van der Waals surface area contributed by atoms with Crippen LogP contribution < -0.4 is 5.09 Å². The molecule has 0 saturated carbocycles. The monoisotopic (exact) mass is 288 g/mol. The largest absolute Gasteiger partial charge is 0.444 e. The number of nitrogens with zero attached hydrogens (tertiary/aromatic N) is 1. The highest BCUT2D eigenvalue weighted by atomic mass is 31.1. The van der Waals surface area contributed by atoms with E-state index in [1.807, 2.05) is 20.8 Å². The van der Waals surface area contributed by atoms with Gasteiger partial charge < -0.3 is 9.82 Å². The Balaban J connectivity index is 2.39. The third-order valence-corrected chi connectivity index (χ3v) is 5.02. The fraction of sp³-hybridized carbons (Fsp3) is 0.929. The smallest absolute Gasteiger partial charge is 0.410 e. The molecule has 4 nitrogen and oxygen atoms in total. The molecule has 19 heavy (non-hydrogen) atoms. The zero-order chi connectivity index (χ0) is 14.6. The van der Waals surface area contributed by atoms with Crippen molar-refractivity contribution in [2.45, 2.75) is 65.1 Å². The molecule has 112 valence electrons. The first-order valence-electron chi connectivity index (χ1n) is 7.19. The molecule has 1 saturated heterocycles. The van der Waals surface area contributed by atoms with Crippen LogP contribution in [0.25, 0.3) is 0 Å². The van der Waals surface area contributed by atoms with E-state index in [1.165, 1.54) is 12.8 Å². The van der Waals surface area contributed by atoms with Crippen molar-refractivity contribution in [3.05, 3.63) is 0 Å². The first kappa shape index (κ1) is 16.7. The second-order valence-electron chi connectivity index (χ2n) is 6.40. The van der Waals surface area contributed by atoms with E-state index < -0.39 is 13.7 Å². The highest BCUT2D eigenvalue weighted by Gasteiger charge is 2.30. The maximum atomic E-state index is 11.7. The normalized spacial score (nSPS) is 26.2. The Labute approximate surface area is 119 Å². The summed E-state index contributed by atoms with van der Waals surface area (Å²) in [5.74, 6) is 0. The average Bonchev–Trinajstić information content (AvgIpc) is 2.55. The van der Waals surface area contributed by atoms with Crippen molar-refractivity contribution < 1.29 is 9.53 Å². The number of carbonyl (C=O) groups excluding carboxylic acids is 1. The lowest BCUT2D eigenvalue weighted by Crippen LogP contribution is -2.37. The molecular weight excluding hydrogens is 259 g/mol. The number of hydrogen-bond donors (Lipinski definition) is 1. The molecule has 1 aliphatic heterocycles. The number of amides is 1. The molecule has 5 heteroatoms. The van der Waals surface area contributed by atoms with Gasteiger partial charge in [0.05, 0.1) is 0 Å². The summed E-state index contributed by atoms with van der Waals surface area (Å²) in [5, 5.41) is 3.00. The fourth-order valence-corrected chi connectivity index (χ4v) is 4.18. The van der Waals surface area contributed by atoms with Gasteiger partial charge in [-0.3, -0.25) is 4.90 Å². The highest BCUT2D eigenvalue weighted by molar-refractivity contribution is 7.55. The van der Waals surface area contributed by atoms with Gasteiger partial charge in [0.25, 0.3) is 0 Å². The van der Waals surface area contributed by atoms with Gasteiger partial charge in [-0.2, -0.15) is 0 Å². The lowest BCUT2D eigenvalue weighted by molar-refractivity contribution is 0.0571. The van der Waals surface area contributed by atoms with E-state index in [0.717, 1.165) is 12.7 Å². The van der Waals surface area contributed by atoms with Crippen molar-refractivity contribution >= 4 is 14.2 Å². The molecule has 0 bridgehead atoms. The Kier molecular flexibility index (Phi) is 6.07. The van der Waals surface area contributed by atoms with E-state index in [0.29, 0.717) is 12.1 Å². The van der Waals surface area contributed by atoms with Crippen LogP contribution in [0.4, 0.5) is 4.79 Å². The number of ether oxygens (including phenoxy) is 1. The quantitative estimate of drug-likeness (QED) is 0.806. The van der Waals surface area contributed by atoms with Gasteiger partial charge in [0.15, 0.2) is 0 Å². The number of likely N-dealkylation sites (tertiary alicyclic amines) is 1. The third-order valence-electron chi connectivity index (χ3n) is 3.48. The van der Waals surface area contributed by atoms with E-state index in [4.69, 9.17) is 4.74 Å². The van der Waals surface area contributed by atoms with Gasteiger partial charge in [-0.25, -0.2) is 4.79 Å². The van der Waals surface area contributed by atoms with Gasteiger partial charge in [-0.05, 0) is 61.8 Å². The van der Waals surface area contributed by atoms with Gasteiger partial charge >= 0.3 is 6.09 Å². The fourth-order valence-electron chi connectivity index (χ4n) is 2.71. The first-order valence-corrected chi connectivity index (χ1v) is 9.17. The SMILES string of the molecule is CCN1C(C)CCC1CP(C)NC(=O)OC(C)(C)C. The molecule has 3 atom stereocenters. The summed E-state index contributed by atoms with van der Waals surface area (Å²) in [6.07, 6.45) is 3.30. The minimum Gasteiger partial charge on any atom is -0.444 e. The Bertz CT molecular complexity index is 304. The van der Waals surface area contributed by atoms with Crippen LogP contribution in [0.1, 0.15) is 47.5 Å². The Morgan fingerprint density at radius 3 is 2.58 bits per heavy atom. The van der Waals surface area contributed by atoms with Crippen LogP contribution >= 0.6 is 8.07 Å². The zero-order valence-electron chi connectivity index (χ0n) is 13.2. The average molecular weight is 288 g/mol. The van der Waals surface area contributed by atoms with E-state index >= 15 is 0 Å². The highest BCUT2D eigenvalue weighted by Crippen LogP contribution is 2.34. The predicted octanol–water partition coefficient (Wildman–Crippen LogP) is 3.41. The van der Waals surface area contributed by atoms with Crippen molar-refractivity contribution in [2.75, 3.05) is 19.4 Å². The van der Waals surface area contributed by atoms with Crippen molar-refractivity contribution in [3.8, 4) is 0 Å².